The molecular formula is C28H37N5O4. The summed E-state index contributed by atoms with van der Waals surface area (Å²) in [6.45, 7) is 3.58. The largest absolute Gasteiger partial charge is 0.490 e. The highest BCUT2D eigenvalue weighted by Gasteiger charge is 2.33. The van der Waals surface area contributed by atoms with Crippen LogP contribution < -0.4 is 25.6 Å². The lowest BCUT2D eigenvalue weighted by Gasteiger charge is -2.31. The van der Waals surface area contributed by atoms with Gasteiger partial charge < -0.3 is 35.2 Å². The van der Waals surface area contributed by atoms with Gasteiger partial charge in [-0.3, -0.25) is 4.79 Å². The molecule has 2 aromatic carbocycles. The first-order chi connectivity index (χ1) is 18.0. The van der Waals surface area contributed by atoms with E-state index in [1.165, 1.54) is 12.8 Å². The molecule has 3 fully saturated rings. The topological polar surface area (TPSA) is 95.2 Å². The minimum Gasteiger partial charge on any atom is -0.490 e. The van der Waals surface area contributed by atoms with Crippen molar-refractivity contribution in [2.45, 2.75) is 50.4 Å². The van der Waals surface area contributed by atoms with Crippen molar-refractivity contribution in [2.24, 2.45) is 0 Å². The molecule has 37 heavy (non-hydrogen) atoms. The average molecular weight is 508 g/mol. The predicted octanol–water partition coefficient (Wildman–Crippen LogP) is 3.68. The van der Waals surface area contributed by atoms with Crippen LogP contribution in [0.4, 0.5) is 21.9 Å². The number of nitrogens with one attached hydrogen (secondary N) is 3. The number of nitrogens with zero attached hydrogens (tertiary/aromatic N) is 2. The third kappa shape index (κ3) is 6.53. The minimum absolute atomic E-state index is 0.0422. The first-order valence-electron chi connectivity index (χ1n) is 13.3. The summed E-state index contributed by atoms with van der Waals surface area (Å²) >= 11 is 0. The second kappa shape index (κ2) is 11.8. The zero-order valence-electron chi connectivity index (χ0n) is 21.4. The fourth-order valence-electron chi connectivity index (χ4n) is 5.29. The molecule has 2 unspecified atom stereocenters. The molecule has 1 aliphatic carbocycles. The van der Waals surface area contributed by atoms with Crippen LogP contribution in [0.25, 0.3) is 0 Å². The van der Waals surface area contributed by atoms with Gasteiger partial charge in [0.15, 0.2) is 0 Å². The zero-order chi connectivity index (χ0) is 25.6. The van der Waals surface area contributed by atoms with Gasteiger partial charge in [-0.15, -0.1) is 0 Å². The van der Waals surface area contributed by atoms with E-state index in [1.807, 2.05) is 60.5 Å². The molecule has 3 amide bonds. The van der Waals surface area contributed by atoms with E-state index in [4.69, 9.17) is 9.47 Å². The number of rotatable bonds is 7. The second-order valence-corrected chi connectivity index (χ2v) is 10.1. The van der Waals surface area contributed by atoms with Gasteiger partial charge in [0.2, 0.25) is 0 Å². The van der Waals surface area contributed by atoms with Gasteiger partial charge in [0.05, 0.1) is 18.8 Å². The van der Waals surface area contributed by atoms with Crippen LogP contribution in [0, 0.1) is 0 Å². The van der Waals surface area contributed by atoms with E-state index in [2.05, 4.69) is 20.9 Å². The number of urea groups is 1. The van der Waals surface area contributed by atoms with Crippen molar-refractivity contribution in [2.75, 3.05) is 55.4 Å². The fraction of sp³-hybridized carbons (Fsp3) is 0.500. The zero-order valence-corrected chi connectivity index (χ0v) is 21.4. The molecule has 2 aliphatic heterocycles. The number of anilines is 3. The first kappa shape index (κ1) is 25.4. The number of amides is 3. The Kier molecular flexibility index (Phi) is 8.11. The third-order valence-electron chi connectivity index (χ3n) is 7.47. The van der Waals surface area contributed by atoms with Gasteiger partial charge in [-0.2, -0.15) is 0 Å². The maximum atomic E-state index is 12.8. The van der Waals surface area contributed by atoms with Gasteiger partial charge in [-0.05, 0) is 80.6 Å². The molecule has 2 atom stereocenters. The van der Waals surface area contributed by atoms with E-state index < -0.39 is 6.10 Å². The lowest BCUT2D eigenvalue weighted by atomic mass is 10.2. The molecule has 0 bridgehead atoms. The molecule has 2 aromatic rings. The van der Waals surface area contributed by atoms with E-state index in [1.54, 1.807) is 0 Å². The van der Waals surface area contributed by atoms with Crippen molar-refractivity contribution in [1.82, 2.24) is 10.2 Å². The van der Waals surface area contributed by atoms with E-state index in [-0.39, 0.29) is 18.0 Å². The summed E-state index contributed by atoms with van der Waals surface area (Å²) in [5, 5.41) is 8.98. The lowest BCUT2D eigenvalue weighted by molar-refractivity contribution is -0.145. The smallest absolute Gasteiger partial charge is 0.323 e. The standard InChI is InChI=1S/C28H37N5O4/c1-32(27(34)26-18-29-15-17-36-26)23-14-16-33(19-23)22-10-6-20(7-11-22)30-28(35)31-21-8-12-25(13-9-21)37-24-4-2-3-5-24/h6-13,23-24,26,29H,2-5,14-19H2,1H3,(H2,30,31,35). The molecule has 1 saturated carbocycles. The third-order valence-corrected chi connectivity index (χ3v) is 7.47. The summed E-state index contributed by atoms with van der Waals surface area (Å²) in [4.78, 5) is 29.4. The highest BCUT2D eigenvalue weighted by Crippen LogP contribution is 2.26. The molecule has 0 radical (unpaired) electrons. The number of benzene rings is 2. The number of hydrogen-bond acceptors (Lipinski definition) is 6. The number of hydrogen-bond donors (Lipinski definition) is 3. The quantitative estimate of drug-likeness (QED) is 0.529. The van der Waals surface area contributed by atoms with Crippen LogP contribution >= 0.6 is 0 Å². The van der Waals surface area contributed by atoms with E-state index in [0.717, 1.165) is 50.3 Å². The molecule has 0 aromatic heterocycles. The maximum Gasteiger partial charge on any atom is 0.323 e. The van der Waals surface area contributed by atoms with Crippen LogP contribution in [0.5, 0.6) is 5.75 Å². The molecular weight excluding hydrogens is 470 g/mol. The normalized spacial score (nSPS) is 22.0. The first-order valence-corrected chi connectivity index (χ1v) is 13.3. The van der Waals surface area contributed by atoms with Gasteiger partial charge >= 0.3 is 6.03 Å². The van der Waals surface area contributed by atoms with Crippen LogP contribution in [0.2, 0.25) is 0 Å². The van der Waals surface area contributed by atoms with Crippen molar-refractivity contribution in [1.29, 1.82) is 0 Å². The van der Waals surface area contributed by atoms with Gasteiger partial charge in [0.1, 0.15) is 11.9 Å². The Hall–Kier alpha value is -3.30. The highest BCUT2D eigenvalue weighted by molar-refractivity contribution is 5.99. The maximum absolute atomic E-state index is 12.8. The Morgan fingerprint density at radius 2 is 1.68 bits per heavy atom. The molecule has 9 nitrogen and oxygen atoms in total. The molecule has 3 N–H and O–H groups in total. The summed E-state index contributed by atoms with van der Waals surface area (Å²) in [5.74, 6) is 0.882. The van der Waals surface area contributed by atoms with E-state index >= 15 is 0 Å². The Morgan fingerprint density at radius 3 is 2.32 bits per heavy atom. The summed E-state index contributed by atoms with van der Waals surface area (Å²) in [7, 11) is 1.87. The predicted molar refractivity (Wildman–Crippen MR) is 144 cm³/mol. The molecule has 9 heteroatoms. The van der Waals surface area contributed by atoms with E-state index in [9.17, 15) is 9.59 Å². The van der Waals surface area contributed by atoms with Gasteiger partial charge in [-0.25, -0.2) is 4.79 Å². The Bertz CT molecular complexity index is 1050. The summed E-state index contributed by atoms with van der Waals surface area (Å²) < 4.78 is 11.6. The monoisotopic (exact) mass is 507 g/mol. The van der Waals surface area contributed by atoms with E-state index in [0.29, 0.717) is 30.6 Å². The van der Waals surface area contributed by atoms with Crippen molar-refractivity contribution < 1.29 is 19.1 Å². The Morgan fingerprint density at radius 1 is 1.00 bits per heavy atom. The minimum atomic E-state index is -0.396. The second-order valence-electron chi connectivity index (χ2n) is 10.1. The number of morpholine rings is 1. The number of ether oxygens (including phenoxy) is 2. The molecule has 3 aliphatic rings. The summed E-state index contributed by atoms with van der Waals surface area (Å²) in [5.41, 5.74) is 2.50. The molecule has 0 spiro atoms. The average Bonchev–Trinajstić information content (AvgIpc) is 3.63. The Labute approximate surface area is 218 Å². The highest BCUT2D eigenvalue weighted by atomic mass is 16.5. The molecule has 5 rings (SSSR count). The van der Waals surface area contributed by atoms with Crippen molar-refractivity contribution in [3.05, 3.63) is 48.5 Å². The summed E-state index contributed by atoms with van der Waals surface area (Å²) in [6.07, 6.45) is 5.53. The number of carbonyl (C=O) groups excluding carboxylic acids is 2. The molecule has 2 saturated heterocycles. The van der Waals surface area contributed by atoms with Gasteiger partial charge in [0, 0.05) is 50.3 Å². The lowest BCUT2D eigenvalue weighted by Crippen LogP contribution is -2.51. The number of likely N-dealkylation sites (N-methyl/N-ethyl adjacent to an activating group) is 1. The van der Waals surface area contributed by atoms with Crippen LogP contribution in [0.3, 0.4) is 0 Å². The van der Waals surface area contributed by atoms with Gasteiger partial charge in [-0.1, -0.05) is 0 Å². The molecule has 2 heterocycles. The van der Waals surface area contributed by atoms with Crippen LogP contribution in [0.1, 0.15) is 32.1 Å². The van der Waals surface area contributed by atoms with Crippen LogP contribution in [-0.2, 0) is 9.53 Å². The van der Waals surface area contributed by atoms with Crippen molar-refractivity contribution in [3.63, 3.8) is 0 Å². The SMILES string of the molecule is CN(C(=O)C1CNCCO1)C1CCN(c2ccc(NC(=O)Nc3ccc(OC4CCCC4)cc3)cc2)C1. The Balaban J connectivity index is 1.08. The fourth-order valence-corrected chi connectivity index (χ4v) is 5.29. The van der Waals surface area contributed by atoms with Crippen molar-refractivity contribution >= 4 is 29.0 Å². The summed E-state index contributed by atoms with van der Waals surface area (Å²) in [6, 6.07) is 15.2. The van der Waals surface area contributed by atoms with Crippen molar-refractivity contribution in [3.8, 4) is 5.75 Å². The van der Waals surface area contributed by atoms with Crippen LogP contribution in [0.15, 0.2) is 48.5 Å². The molecule has 198 valence electrons. The van der Waals surface area contributed by atoms with Gasteiger partial charge in [0.25, 0.3) is 5.91 Å². The number of carbonyl (C=O) groups is 2. The van der Waals surface area contributed by atoms with Crippen LogP contribution in [-0.4, -0.2) is 74.9 Å².